The fourth-order valence-electron chi connectivity index (χ4n) is 1.05. The highest BCUT2D eigenvalue weighted by atomic mass is 79.9. The molecule has 0 unspecified atom stereocenters. The van der Waals surface area contributed by atoms with E-state index in [1.807, 2.05) is 0 Å². The van der Waals surface area contributed by atoms with Crippen molar-refractivity contribution in [2.75, 3.05) is 0 Å². The van der Waals surface area contributed by atoms with Gasteiger partial charge < -0.3 is 5.11 Å². The number of hydrogen-bond donors (Lipinski definition) is 1. The number of carboxylic acid groups (broad SMARTS) is 1. The van der Waals surface area contributed by atoms with E-state index in [0.717, 1.165) is 0 Å². The maximum absolute atomic E-state index is 10.5. The van der Waals surface area contributed by atoms with Crippen LogP contribution in [0.4, 0.5) is 5.69 Å². The van der Waals surface area contributed by atoms with Crippen LogP contribution >= 0.6 is 31.9 Å². The molecule has 0 heterocycles. The minimum atomic E-state index is -0.916. The molecule has 78 valence electrons. The topological polar surface area (TPSA) is 66.7 Å². The lowest BCUT2D eigenvalue weighted by Crippen LogP contribution is -1.99. The number of isocyanates is 1. The Balaban J connectivity index is 3.18. The lowest BCUT2D eigenvalue weighted by Gasteiger charge is -2.03. The molecule has 1 rings (SSSR count). The maximum atomic E-state index is 10.5. The zero-order valence-electron chi connectivity index (χ0n) is 7.33. The Bertz CT molecular complexity index is 430. The zero-order valence-corrected chi connectivity index (χ0v) is 10.5. The summed E-state index contributed by atoms with van der Waals surface area (Å²) in [6, 6.07) is 3.21. The molecule has 0 aliphatic heterocycles. The Morgan fingerprint density at radius 2 is 1.93 bits per heavy atom. The van der Waals surface area contributed by atoms with E-state index in [4.69, 9.17) is 5.11 Å². The fraction of sp³-hybridized carbons (Fsp3) is 0.111. The van der Waals surface area contributed by atoms with Gasteiger partial charge in [0.1, 0.15) is 5.69 Å². The van der Waals surface area contributed by atoms with E-state index < -0.39 is 5.97 Å². The Kier molecular flexibility index (Phi) is 4.20. The number of carbonyl (C=O) groups is 1. The van der Waals surface area contributed by atoms with Crippen LogP contribution in [0.1, 0.15) is 5.56 Å². The Morgan fingerprint density at radius 3 is 2.33 bits per heavy atom. The minimum Gasteiger partial charge on any atom is -0.481 e. The molecule has 0 radical (unpaired) electrons. The van der Waals surface area contributed by atoms with Crippen molar-refractivity contribution in [2.45, 2.75) is 6.42 Å². The van der Waals surface area contributed by atoms with E-state index in [1.165, 1.54) is 6.08 Å². The lowest BCUT2D eigenvalue weighted by molar-refractivity contribution is -0.136. The van der Waals surface area contributed by atoms with Crippen molar-refractivity contribution in [3.63, 3.8) is 0 Å². The Morgan fingerprint density at radius 1 is 1.40 bits per heavy atom. The van der Waals surface area contributed by atoms with Crippen LogP contribution in [0.5, 0.6) is 0 Å². The first-order chi connectivity index (χ1) is 7.04. The summed E-state index contributed by atoms with van der Waals surface area (Å²) in [5.74, 6) is -0.916. The van der Waals surface area contributed by atoms with Crippen molar-refractivity contribution in [1.29, 1.82) is 0 Å². The van der Waals surface area contributed by atoms with Crippen molar-refractivity contribution < 1.29 is 14.7 Å². The van der Waals surface area contributed by atoms with E-state index in [9.17, 15) is 9.59 Å². The third kappa shape index (κ3) is 3.27. The number of aliphatic imine (C=N–C) groups is 1. The predicted octanol–water partition coefficient (Wildman–Crippen LogP) is 2.81. The summed E-state index contributed by atoms with van der Waals surface area (Å²) in [6.07, 6.45) is 1.34. The normalized spacial score (nSPS) is 9.47. The summed E-state index contributed by atoms with van der Waals surface area (Å²) in [4.78, 5) is 24.1. The SMILES string of the molecule is O=C=Nc1c(Br)cc(CC(=O)O)cc1Br. The first-order valence-electron chi connectivity index (χ1n) is 3.82. The average Bonchev–Trinajstić information content (AvgIpc) is 2.10. The summed E-state index contributed by atoms with van der Waals surface area (Å²) in [6.45, 7) is 0. The largest absolute Gasteiger partial charge is 0.481 e. The standard InChI is InChI=1S/C9H5Br2NO3/c10-6-1-5(3-8(14)15)2-7(11)9(6)12-4-13/h1-2H,3H2,(H,14,15). The average molecular weight is 335 g/mol. The zero-order chi connectivity index (χ0) is 11.4. The van der Waals surface area contributed by atoms with Crippen LogP contribution in [0, 0.1) is 0 Å². The Labute approximate surface area is 102 Å². The van der Waals surface area contributed by atoms with Gasteiger partial charge in [-0.15, -0.1) is 0 Å². The molecule has 0 aliphatic carbocycles. The summed E-state index contributed by atoms with van der Waals surface area (Å²) < 4.78 is 1.10. The van der Waals surface area contributed by atoms with Gasteiger partial charge in [0.25, 0.3) is 0 Å². The lowest BCUT2D eigenvalue weighted by atomic mass is 10.1. The van der Waals surface area contributed by atoms with Gasteiger partial charge in [0.15, 0.2) is 0 Å². The molecule has 0 spiro atoms. The first kappa shape index (κ1) is 12.1. The number of halogens is 2. The molecule has 6 heteroatoms. The first-order valence-corrected chi connectivity index (χ1v) is 5.40. The molecule has 4 nitrogen and oxygen atoms in total. The Hall–Kier alpha value is -0.970. The second kappa shape index (κ2) is 5.21. The van der Waals surface area contributed by atoms with Crippen LogP contribution in [-0.2, 0) is 16.0 Å². The number of carboxylic acids is 1. The summed E-state index contributed by atoms with van der Waals surface area (Å²) in [7, 11) is 0. The molecule has 0 aliphatic rings. The van der Waals surface area contributed by atoms with Gasteiger partial charge in [0, 0.05) is 8.95 Å². The van der Waals surface area contributed by atoms with Gasteiger partial charge in [-0.25, -0.2) is 4.79 Å². The van der Waals surface area contributed by atoms with Gasteiger partial charge in [0.2, 0.25) is 6.08 Å². The number of rotatable bonds is 3. The molecule has 0 aromatic heterocycles. The summed E-state index contributed by atoms with van der Waals surface area (Å²) in [5, 5.41) is 8.60. The third-order valence-electron chi connectivity index (χ3n) is 1.59. The molecule has 15 heavy (non-hydrogen) atoms. The number of nitrogens with zero attached hydrogens (tertiary/aromatic N) is 1. The van der Waals surface area contributed by atoms with Crippen molar-refractivity contribution in [3.05, 3.63) is 26.6 Å². The number of aliphatic carboxylic acids is 1. The van der Waals surface area contributed by atoms with E-state index in [2.05, 4.69) is 36.9 Å². The molecule has 1 aromatic rings. The van der Waals surface area contributed by atoms with Crippen molar-refractivity contribution in [3.8, 4) is 0 Å². The molecular weight excluding hydrogens is 330 g/mol. The van der Waals surface area contributed by atoms with Crippen LogP contribution in [0.15, 0.2) is 26.1 Å². The predicted molar refractivity (Wildman–Crippen MR) is 61.0 cm³/mol. The number of carbonyl (C=O) groups excluding carboxylic acids is 1. The molecule has 1 N–H and O–H groups in total. The maximum Gasteiger partial charge on any atom is 0.307 e. The van der Waals surface area contributed by atoms with Gasteiger partial charge >= 0.3 is 5.97 Å². The molecule has 0 saturated heterocycles. The van der Waals surface area contributed by atoms with Crippen molar-refractivity contribution >= 4 is 49.6 Å². The molecular formula is C9H5Br2NO3. The number of benzene rings is 1. The molecule has 0 atom stereocenters. The van der Waals surface area contributed by atoms with Crippen LogP contribution in [-0.4, -0.2) is 17.2 Å². The van der Waals surface area contributed by atoms with Gasteiger partial charge in [-0.1, -0.05) is 0 Å². The smallest absolute Gasteiger partial charge is 0.307 e. The van der Waals surface area contributed by atoms with E-state index in [0.29, 0.717) is 20.2 Å². The molecule has 0 saturated carbocycles. The van der Waals surface area contributed by atoms with Gasteiger partial charge in [-0.05, 0) is 49.6 Å². The second-order valence-electron chi connectivity index (χ2n) is 2.68. The van der Waals surface area contributed by atoms with E-state index in [-0.39, 0.29) is 6.42 Å². The van der Waals surface area contributed by atoms with Crippen molar-refractivity contribution in [2.24, 2.45) is 4.99 Å². The van der Waals surface area contributed by atoms with Gasteiger partial charge in [0.05, 0.1) is 6.42 Å². The second-order valence-corrected chi connectivity index (χ2v) is 4.39. The van der Waals surface area contributed by atoms with Crippen molar-refractivity contribution in [1.82, 2.24) is 0 Å². The fourth-order valence-corrected chi connectivity index (χ4v) is 2.51. The molecule has 0 fully saturated rings. The monoisotopic (exact) mass is 333 g/mol. The van der Waals surface area contributed by atoms with E-state index >= 15 is 0 Å². The quantitative estimate of drug-likeness (QED) is 0.682. The molecule has 0 amide bonds. The minimum absolute atomic E-state index is 0.0811. The van der Waals surface area contributed by atoms with E-state index in [1.54, 1.807) is 12.1 Å². The van der Waals surface area contributed by atoms with Gasteiger partial charge in [-0.2, -0.15) is 4.99 Å². The summed E-state index contributed by atoms with van der Waals surface area (Å²) >= 11 is 6.39. The molecule has 0 bridgehead atoms. The number of hydrogen-bond acceptors (Lipinski definition) is 3. The van der Waals surface area contributed by atoms with Crippen LogP contribution in [0.2, 0.25) is 0 Å². The molecule has 1 aromatic carbocycles. The van der Waals surface area contributed by atoms with Crippen LogP contribution in [0.3, 0.4) is 0 Å². The summed E-state index contributed by atoms with van der Waals surface area (Å²) in [5.41, 5.74) is 1.02. The van der Waals surface area contributed by atoms with Gasteiger partial charge in [-0.3, -0.25) is 4.79 Å². The highest BCUT2D eigenvalue weighted by Crippen LogP contribution is 2.34. The van der Waals surface area contributed by atoms with Crippen LogP contribution in [0.25, 0.3) is 0 Å². The highest BCUT2D eigenvalue weighted by molar-refractivity contribution is 9.11. The highest BCUT2D eigenvalue weighted by Gasteiger charge is 2.08. The third-order valence-corrected chi connectivity index (χ3v) is 2.80. The van der Waals surface area contributed by atoms with Crippen LogP contribution < -0.4 is 0 Å².